The first-order chi connectivity index (χ1) is 7.75. The molecule has 1 heterocycles. The van der Waals surface area contributed by atoms with Crippen molar-refractivity contribution in [1.82, 2.24) is 9.36 Å². The Labute approximate surface area is 104 Å². The van der Waals surface area contributed by atoms with Crippen molar-refractivity contribution in [3.8, 4) is 0 Å². The number of aromatic nitrogens is 2. The van der Waals surface area contributed by atoms with E-state index in [-0.39, 0.29) is 24.3 Å². The van der Waals surface area contributed by atoms with Gasteiger partial charge in [0.1, 0.15) is 5.82 Å². The summed E-state index contributed by atoms with van der Waals surface area (Å²) in [6, 6.07) is 0. The van der Waals surface area contributed by atoms with E-state index >= 15 is 0 Å². The second kappa shape index (κ2) is 4.15. The van der Waals surface area contributed by atoms with E-state index < -0.39 is 5.92 Å². The first kappa shape index (κ1) is 12.7. The van der Waals surface area contributed by atoms with Crippen LogP contribution in [0, 0.1) is 0 Å². The zero-order valence-electron chi connectivity index (χ0n) is 10.3. The lowest BCUT2D eigenvalue weighted by atomic mass is 10.1. The maximum Gasteiger partial charge on any atom is 0.248 e. The van der Waals surface area contributed by atoms with E-state index in [1.54, 1.807) is 0 Å². The molecule has 1 aliphatic rings. The molecule has 2 rings (SSSR count). The number of anilines is 1. The summed E-state index contributed by atoms with van der Waals surface area (Å²) in [4.78, 5) is 4.31. The second-order valence-corrected chi connectivity index (χ2v) is 6.38. The third kappa shape index (κ3) is 3.34. The second-order valence-electron chi connectivity index (χ2n) is 5.63. The Bertz CT molecular complexity index is 398. The average molecular weight is 261 g/mol. The van der Waals surface area contributed by atoms with E-state index in [1.807, 2.05) is 20.8 Å². The van der Waals surface area contributed by atoms with Crippen molar-refractivity contribution in [3.63, 3.8) is 0 Å². The van der Waals surface area contributed by atoms with E-state index in [2.05, 4.69) is 14.7 Å². The van der Waals surface area contributed by atoms with Gasteiger partial charge in [0.2, 0.25) is 11.1 Å². The number of nitrogens with zero attached hydrogens (tertiary/aromatic N) is 2. The highest BCUT2D eigenvalue weighted by molar-refractivity contribution is 7.09. The minimum Gasteiger partial charge on any atom is -0.356 e. The van der Waals surface area contributed by atoms with Gasteiger partial charge >= 0.3 is 0 Å². The van der Waals surface area contributed by atoms with Gasteiger partial charge in [-0.15, -0.1) is 0 Å². The molecule has 1 atom stereocenters. The van der Waals surface area contributed by atoms with Gasteiger partial charge in [0, 0.05) is 35.8 Å². The molecule has 3 nitrogen and oxygen atoms in total. The van der Waals surface area contributed by atoms with Gasteiger partial charge < -0.3 is 5.32 Å². The highest BCUT2D eigenvalue weighted by Crippen LogP contribution is 2.43. The van der Waals surface area contributed by atoms with Crippen LogP contribution < -0.4 is 5.32 Å². The Kier molecular flexibility index (Phi) is 3.10. The molecule has 0 radical (unpaired) electrons. The van der Waals surface area contributed by atoms with Gasteiger partial charge in [-0.25, -0.2) is 13.8 Å². The number of hydrogen-bond acceptors (Lipinski definition) is 4. The monoisotopic (exact) mass is 261 g/mol. The van der Waals surface area contributed by atoms with Crippen molar-refractivity contribution in [1.29, 1.82) is 0 Å². The molecule has 0 aromatic carbocycles. The molecule has 17 heavy (non-hydrogen) atoms. The lowest BCUT2D eigenvalue weighted by Crippen LogP contribution is -2.25. The molecule has 1 aromatic rings. The summed E-state index contributed by atoms with van der Waals surface area (Å²) in [6.07, 6.45) is 0.330. The van der Waals surface area contributed by atoms with Crippen LogP contribution in [0.4, 0.5) is 13.9 Å². The van der Waals surface area contributed by atoms with Crippen molar-refractivity contribution in [2.45, 2.75) is 57.4 Å². The Balaban J connectivity index is 2.04. The van der Waals surface area contributed by atoms with Crippen LogP contribution in [-0.2, 0) is 0 Å². The summed E-state index contributed by atoms with van der Waals surface area (Å²) in [6.45, 7) is 6.08. The van der Waals surface area contributed by atoms with Crippen LogP contribution in [0.3, 0.4) is 0 Å². The molecule has 0 saturated heterocycles. The van der Waals surface area contributed by atoms with Crippen LogP contribution in [0.1, 0.15) is 51.8 Å². The van der Waals surface area contributed by atoms with E-state index in [0.717, 1.165) is 0 Å². The number of nitrogens with one attached hydrogen (secondary N) is 1. The Morgan fingerprint density at radius 2 is 2.12 bits per heavy atom. The molecule has 0 amide bonds. The third-order valence-electron chi connectivity index (χ3n) is 2.69. The van der Waals surface area contributed by atoms with Gasteiger partial charge in [-0.3, -0.25) is 0 Å². The number of alkyl halides is 2. The maximum absolute atomic E-state index is 13.1. The Hall–Kier alpha value is -0.780. The minimum atomic E-state index is -2.53. The summed E-state index contributed by atoms with van der Waals surface area (Å²) >= 11 is 1.25. The van der Waals surface area contributed by atoms with Crippen molar-refractivity contribution in [2.75, 3.05) is 5.32 Å². The summed E-state index contributed by atoms with van der Waals surface area (Å²) in [7, 11) is 0. The fourth-order valence-corrected chi connectivity index (χ4v) is 2.80. The van der Waals surface area contributed by atoms with Crippen LogP contribution in [-0.4, -0.2) is 20.8 Å². The largest absolute Gasteiger partial charge is 0.356 e. The van der Waals surface area contributed by atoms with E-state index in [0.29, 0.717) is 17.4 Å². The van der Waals surface area contributed by atoms with Gasteiger partial charge in [0.05, 0.1) is 0 Å². The predicted molar refractivity (Wildman–Crippen MR) is 64.8 cm³/mol. The SMILES string of the molecule is CC(C)(C)Nc1nc(C2CCC(F)(F)C2)ns1. The molecular weight excluding hydrogens is 244 g/mol. The summed E-state index contributed by atoms with van der Waals surface area (Å²) in [5, 5.41) is 3.91. The molecule has 0 aliphatic heterocycles. The molecule has 1 saturated carbocycles. The number of rotatable bonds is 2. The summed E-state index contributed by atoms with van der Waals surface area (Å²) in [5.74, 6) is -2.15. The van der Waals surface area contributed by atoms with Gasteiger partial charge in [0.15, 0.2) is 0 Å². The topological polar surface area (TPSA) is 37.8 Å². The van der Waals surface area contributed by atoms with Crippen LogP contribution in [0.15, 0.2) is 0 Å². The van der Waals surface area contributed by atoms with Crippen molar-refractivity contribution in [2.24, 2.45) is 0 Å². The zero-order chi connectivity index (χ0) is 12.7. The minimum absolute atomic E-state index is 0.0428. The lowest BCUT2D eigenvalue weighted by Gasteiger charge is -2.19. The third-order valence-corrected chi connectivity index (χ3v) is 3.34. The van der Waals surface area contributed by atoms with E-state index in [9.17, 15) is 8.78 Å². The van der Waals surface area contributed by atoms with E-state index in [4.69, 9.17) is 0 Å². The normalized spacial score (nSPS) is 23.9. The summed E-state index contributed by atoms with van der Waals surface area (Å²) in [5.41, 5.74) is -0.0869. The van der Waals surface area contributed by atoms with Crippen LogP contribution in [0.25, 0.3) is 0 Å². The van der Waals surface area contributed by atoms with Gasteiger partial charge in [-0.1, -0.05) is 0 Å². The first-order valence-corrected chi connectivity index (χ1v) is 6.52. The van der Waals surface area contributed by atoms with E-state index in [1.165, 1.54) is 11.5 Å². The number of hydrogen-bond donors (Lipinski definition) is 1. The van der Waals surface area contributed by atoms with Crippen LogP contribution in [0.5, 0.6) is 0 Å². The quantitative estimate of drug-likeness (QED) is 0.883. The fraction of sp³-hybridized carbons (Fsp3) is 0.818. The van der Waals surface area contributed by atoms with Gasteiger partial charge in [-0.2, -0.15) is 4.37 Å². The maximum atomic E-state index is 13.1. The van der Waals surface area contributed by atoms with Crippen LogP contribution >= 0.6 is 11.5 Å². The Morgan fingerprint density at radius 3 is 2.65 bits per heavy atom. The molecule has 1 unspecified atom stereocenters. The Morgan fingerprint density at radius 1 is 1.41 bits per heavy atom. The molecular formula is C11H17F2N3S. The lowest BCUT2D eigenvalue weighted by molar-refractivity contribution is 0.00757. The zero-order valence-corrected chi connectivity index (χ0v) is 11.1. The van der Waals surface area contributed by atoms with Gasteiger partial charge in [-0.05, 0) is 27.2 Å². The molecule has 1 fully saturated rings. The van der Waals surface area contributed by atoms with Gasteiger partial charge in [0.25, 0.3) is 0 Å². The summed E-state index contributed by atoms with van der Waals surface area (Å²) < 4.78 is 30.4. The molecule has 1 aromatic heterocycles. The molecule has 6 heteroatoms. The van der Waals surface area contributed by atoms with Crippen LogP contribution in [0.2, 0.25) is 0 Å². The number of halogens is 2. The first-order valence-electron chi connectivity index (χ1n) is 5.75. The average Bonchev–Trinajstić information content (AvgIpc) is 2.69. The van der Waals surface area contributed by atoms with Crippen molar-refractivity contribution < 1.29 is 8.78 Å². The highest BCUT2D eigenvalue weighted by Gasteiger charge is 2.41. The fourth-order valence-electron chi connectivity index (χ4n) is 1.94. The molecule has 0 spiro atoms. The molecule has 96 valence electrons. The molecule has 1 N–H and O–H groups in total. The van der Waals surface area contributed by atoms with Crippen molar-refractivity contribution >= 4 is 16.7 Å². The molecule has 1 aliphatic carbocycles. The smallest absolute Gasteiger partial charge is 0.248 e. The predicted octanol–water partition coefficient (Wildman–Crippen LogP) is 3.65. The molecule has 0 bridgehead atoms. The highest BCUT2D eigenvalue weighted by atomic mass is 32.1. The van der Waals surface area contributed by atoms with Crippen molar-refractivity contribution in [3.05, 3.63) is 5.82 Å². The standard InChI is InChI=1S/C11H17F2N3S/c1-10(2,3)15-9-14-8(16-17-9)7-4-5-11(12,13)6-7/h7H,4-6H2,1-3H3,(H,14,15,16).